The van der Waals surface area contributed by atoms with E-state index in [1.165, 1.54) is 12.8 Å². The molecule has 55 valence electrons. The van der Waals surface area contributed by atoms with Gasteiger partial charge in [0.1, 0.15) is 0 Å². The summed E-state index contributed by atoms with van der Waals surface area (Å²) in [5.41, 5.74) is 0.406. The maximum Gasteiger partial charge on any atom is -0.0103 e. The summed E-state index contributed by atoms with van der Waals surface area (Å²) in [5.74, 6) is 0. The predicted molar refractivity (Wildman–Crippen MR) is 44.6 cm³/mol. The first-order chi connectivity index (χ1) is 4.77. The summed E-state index contributed by atoms with van der Waals surface area (Å²) in [6.45, 7) is 4.53. The van der Waals surface area contributed by atoms with Crippen LogP contribution < -0.4 is 0 Å². The highest BCUT2D eigenvalue weighted by molar-refractivity contribution is 5.12. The van der Waals surface area contributed by atoms with Crippen LogP contribution in [0.3, 0.4) is 0 Å². The van der Waals surface area contributed by atoms with Crippen molar-refractivity contribution in [3.63, 3.8) is 0 Å². The Hall–Kier alpha value is -0.520. The van der Waals surface area contributed by atoms with Gasteiger partial charge in [-0.25, -0.2) is 0 Å². The van der Waals surface area contributed by atoms with Gasteiger partial charge < -0.3 is 0 Å². The molecule has 0 N–H and O–H groups in total. The molecule has 1 aliphatic rings. The summed E-state index contributed by atoms with van der Waals surface area (Å²) in [5, 5.41) is 0. The molecule has 1 rings (SSSR count). The van der Waals surface area contributed by atoms with Crippen molar-refractivity contribution >= 4 is 0 Å². The highest BCUT2D eigenvalue weighted by Gasteiger charge is 2.18. The van der Waals surface area contributed by atoms with Gasteiger partial charge in [-0.1, -0.05) is 38.5 Å². The summed E-state index contributed by atoms with van der Waals surface area (Å²) in [6, 6.07) is 0. The number of hydrogen-bond acceptors (Lipinski definition) is 0. The van der Waals surface area contributed by atoms with Crippen molar-refractivity contribution in [3.8, 4) is 0 Å². The third-order valence-corrected chi connectivity index (χ3v) is 2.04. The molecule has 1 atom stereocenters. The molecular weight excluding hydrogens is 120 g/mol. The van der Waals surface area contributed by atoms with Crippen molar-refractivity contribution in [2.45, 2.75) is 33.1 Å². The van der Waals surface area contributed by atoms with E-state index in [-0.39, 0.29) is 0 Å². The van der Waals surface area contributed by atoms with E-state index < -0.39 is 0 Å². The fraction of sp³-hybridized carbons (Fsp3) is 0.600. The largest absolute Gasteiger partial charge is 0.0782 e. The van der Waals surface area contributed by atoms with Gasteiger partial charge >= 0.3 is 0 Å². The van der Waals surface area contributed by atoms with Crippen LogP contribution in [0.5, 0.6) is 0 Å². The van der Waals surface area contributed by atoms with E-state index in [2.05, 4.69) is 32.1 Å². The SMILES string of the molecule is CCCC1(C)C=CC=[C]C1. The van der Waals surface area contributed by atoms with Crippen LogP contribution in [0.25, 0.3) is 0 Å². The molecule has 0 aromatic rings. The van der Waals surface area contributed by atoms with E-state index in [1.807, 2.05) is 6.08 Å². The van der Waals surface area contributed by atoms with E-state index in [4.69, 9.17) is 0 Å². The molecule has 0 spiro atoms. The number of allylic oxidation sites excluding steroid dienone is 4. The molecule has 1 radical (unpaired) electrons. The zero-order valence-electron chi connectivity index (χ0n) is 6.85. The van der Waals surface area contributed by atoms with E-state index in [0.717, 1.165) is 6.42 Å². The number of hydrogen-bond donors (Lipinski definition) is 0. The Morgan fingerprint density at radius 1 is 1.60 bits per heavy atom. The van der Waals surface area contributed by atoms with Crippen LogP contribution in [0.15, 0.2) is 18.2 Å². The number of rotatable bonds is 2. The molecular formula is C10H15. The molecule has 0 aliphatic heterocycles. The summed E-state index contributed by atoms with van der Waals surface area (Å²) in [6.07, 6.45) is 13.3. The van der Waals surface area contributed by atoms with Crippen molar-refractivity contribution in [1.29, 1.82) is 0 Å². The second-order valence-electron chi connectivity index (χ2n) is 3.31. The monoisotopic (exact) mass is 135 g/mol. The summed E-state index contributed by atoms with van der Waals surface area (Å²) in [7, 11) is 0. The third kappa shape index (κ3) is 1.73. The topological polar surface area (TPSA) is 0 Å². The maximum atomic E-state index is 3.25. The molecule has 1 aliphatic carbocycles. The average Bonchev–Trinajstić information content (AvgIpc) is 1.89. The first-order valence-corrected chi connectivity index (χ1v) is 4.01. The standard InChI is InChI=1S/C10H15/c1-3-7-10(2)8-5-4-6-9-10/h4-5,8H,3,7,9H2,1-2H3. The minimum atomic E-state index is 0.406. The van der Waals surface area contributed by atoms with E-state index in [9.17, 15) is 0 Å². The van der Waals surface area contributed by atoms with Gasteiger partial charge in [0.15, 0.2) is 0 Å². The Balaban J connectivity index is 2.52. The average molecular weight is 135 g/mol. The van der Waals surface area contributed by atoms with Crippen LogP contribution in [0, 0.1) is 11.5 Å². The van der Waals surface area contributed by atoms with Crippen LogP contribution in [-0.4, -0.2) is 0 Å². The van der Waals surface area contributed by atoms with Crippen LogP contribution >= 0.6 is 0 Å². The molecule has 0 saturated carbocycles. The third-order valence-electron chi connectivity index (χ3n) is 2.04. The summed E-state index contributed by atoms with van der Waals surface area (Å²) in [4.78, 5) is 0. The molecule has 0 heterocycles. The van der Waals surface area contributed by atoms with E-state index in [1.54, 1.807) is 0 Å². The van der Waals surface area contributed by atoms with Crippen LogP contribution in [0.4, 0.5) is 0 Å². The van der Waals surface area contributed by atoms with Crippen LogP contribution in [-0.2, 0) is 0 Å². The molecule has 10 heavy (non-hydrogen) atoms. The van der Waals surface area contributed by atoms with Crippen molar-refractivity contribution in [3.05, 3.63) is 24.3 Å². The van der Waals surface area contributed by atoms with Gasteiger partial charge in [-0.05, 0) is 24.3 Å². The molecule has 1 unspecified atom stereocenters. The van der Waals surface area contributed by atoms with Crippen molar-refractivity contribution in [2.24, 2.45) is 5.41 Å². The molecule has 0 bridgehead atoms. The summed E-state index contributed by atoms with van der Waals surface area (Å²) >= 11 is 0. The lowest BCUT2D eigenvalue weighted by molar-refractivity contribution is 0.383. The van der Waals surface area contributed by atoms with Crippen molar-refractivity contribution < 1.29 is 0 Å². The quantitative estimate of drug-likeness (QED) is 0.545. The second-order valence-corrected chi connectivity index (χ2v) is 3.31. The predicted octanol–water partition coefficient (Wildman–Crippen LogP) is 3.11. The molecule has 0 fully saturated rings. The zero-order chi connectivity index (χ0) is 7.45. The van der Waals surface area contributed by atoms with Crippen molar-refractivity contribution in [2.75, 3.05) is 0 Å². The Morgan fingerprint density at radius 2 is 2.40 bits per heavy atom. The highest BCUT2D eigenvalue weighted by Crippen LogP contribution is 2.31. The lowest BCUT2D eigenvalue weighted by atomic mass is 9.80. The van der Waals surface area contributed by atoms with Gasteiger partial charge in [0.25, 0.3) is 0 Å². The van der Waals surface area contributed by atoms with Gasteiger partial charge in [-0.15, -0.1) is 0 Å². The van der Waals surface area contributed by atoms with Gasteiger partial charge in [0, 0.05) is 0 Å². The van der Waals surface area contributed by atoms with Crippen molar-refractivity contribution in [1.82, 2.24) is 0 Å². The lowest BCUT2D eigenvalue weighted by Gasteiger charge is -2.25. The highest BCUT2D eigenvalue weighted by atomic mass is 14.2. The lowest BCUT2D eigenvalue weighted by Crippen LogP contribution is -2.12. The van der Waals surface area contributed by atoms with Gasteiger partial charge in [0.05, 0.1) is 0 Å². The van der Waals surface area contributed by atoms with Gasteiger partial charge in [-0.2, -0.15) is 0 Å². The first kappa shape index (κ1) is 7.59. The van der Waals surface area contributed by atoms with Gasteiger partial charge in [-0.3, -0.25) is 0 Å². The Morgan fingerprint density at radius 3 is 2.90 bits per heavy atom. The molecule has 0 aromatic heterocycles. The Kier molecular flexibility index (Phi) is 2.31. The van der Waals surface area contributed by atoms with Gasteiger partial charge in [0.2, 0.25) is 0 Å². The van der Waals surface area contributed by atoms with Crippen LogP contribution in [0.2, 0.25) is 0 Å². The minimum Gasteiger partial charge on any atom is -0.0782 e. The maximum absolute atomic E-state index is 3.25. The molecule has 0 heteroatoms. The molecule has 0 saturated heterocycles. The normalized spacial score (nSPS) is 31.0. The Bertz CT molecular complexity index is 153. The molecule has 0 nitrogen and oxygen atoms in total. The van der Waals surface area contributed by atoms with E-state index in [0.29, 0.717) is 5.41 Å². The second kappa shape index (κ2) is 3.05. The Labute approximate surface area is 63.6 Å². The van der Waals surface area contributed by atoms with Crippen LogP contribution in [0.1, 0.15) is 33.1 Å². The smallest absolute Gasteiger partial charge is 0.0103 e. The fourth-order valence-electron chi connectivity index (χ4n) is 1.44. The minimum absolute atomic E-state index is 0.406. The molecule has 0 aromatic carbocycles. The summed E-state index contributed by atoms with van der Waals surface area (Å²) < 4.78 is 0. The fourth-order valence-corrected chi connectivity index (χ4v) is 1.44. The van der Waals surface area contributed by atoms with E-state index >= 15 is 0 Å². The first-order valence-electron chi connectivity index (χ1n) is 4.01. The molecule has 0 amide bonds. The zero-order valence-corrected chi connectivity index (χ0v) is 6.85.